The number of ether oxygens (including phenoxy) is 4. The van der Waals surface area contributed by atoms with Gasteiger partial charge < -0.3 is 47.8 Å². The van der Waals surface area contributed by atoms with Crippen LogP contribution in [0.2, 0.25) is 54.4 Å². The van der Waals surface area contributed by atoms with E-state index in [1.807, 2.05) is 59.0 Å². The lowest BCUT2D eigenvalue weighted by molar-refractivity contribution is -0.345. The van der Waals surface area contributed by atoms with E-state index in [0.717, 1.165) is 18.1 Å². The zero-order chi connectivity index (χ0) is 53.7. The van der Waals surface area contributed by atoms with E-state index in [9.17, 15) is 19.8 Å². The number of fused-ring (bicyclic) bond motifs is 5. The van der Waals surface area contributed by atoms with E-state index in [0.29, 0.717) is 34.8 Å². The number of Topliss-reactive ketones (excluding diaryl/α,β-unsaturated/α-hetero) is 1. The first-order valence-electron chi connectivity index (χ1n) is 26.4. The van der Waals surface area contributed by atoms with E-state index in [1.54, 1.807) is 32.9 Å². The Kier molecular flexibility index (Phi) is 17.6. The maximum Gasteiger partial charge on any atom is 0.408 e. The van der Waals surface area contributed by atoms with Crippen LogP contribution in [0.4, 0.5) is 4.79 Å². The highest BCUT2D eigenvalue weighted by molar-refractivity contribution is 6.74. The van der Waals surface area contributed by atoms with Gasteiger partial charge in [-0.25, -0.2) is 9.59 Å². The minimum Gasteiger partial charge on any atom is -0.456 e. The second kappa shape index (κ2) is 21.1. The van der Waals surface area contributed by atoms with Crippen molar-refractivity contribution in [3.63, 3.8) is 0 Å². The third-order valence-electron chi connectivity index (χ3n) is 18.1. The first-order chi connectivity index (χ1) is 32.7. The van der Waals surface area contributed by atoms with Gasteiger partial charge in [0, 0.05) is 31.1 Å². The van der Waals surface area contributed by atoms with Crippen molar-refractivity contribution >= 4 is 48.8 Å². The van der Waals surface area contributed by atoms with Gasteiger partial charge in [0.05, 0.1) is 30.3 Å². The molecule has 2 bridgehead atoms. The fourth-order valence-electron chi connectivity index (χ4n) is 12.1. The number of hydrogen-bond donors (Lipinski definition) is 3. The summed E-state index contributed by atoms with van der Waals surface area (Å²) in [6.45, 7) is 36.6. The molecule has 0 unspecified atom stereocenters. The summed E-state index contributed by atoms with van der Waals surface area (Å²) in [7, 11) is -8.09. The molecule has 0 aromatic heterocycles. The van der Waals surface area contributed by atoms with Gasteiger partial charge in [-0.3, -0.25) is 9.59 Å². The highest BCUT2D eigenvalue weighted by Gasteiger charge is 2.78. The normalized spacial score (nSPS) is 30.9. The molecule has 3 aliphatic carbocycles. The van der Waals surface area contributed by atoms with Crippen molar-refractivity contribution in [3.05, 3.63) is 47.0 Å². The van der Waals surface area contributed by atoms with Crippen molar-refractivity contribution in [1.29, 1.82) is 0 Å². The number of hydrogen-bond acceptors (Lipinski definition) is 13. The second-order valence-electron chi connectivity index (χ2n) is 24.4. The summed E-state index contributed by atoms with van der Waals surface area (Å²) in [6.07, 6.45) is -8.05. The highest BCUT2D eigenvalue weighted by Crippen LogP contribution is 2.65. The number of carbonyl (C=O) groups is 4. The molecule has 17 heteroatoms. The van der Waals surface area contributed by atoms with Gasteiger partial charge >= 0.3 is 18.0 Å². The molecular formula is C54H91NO13Si3. The number of carbonyl (C=O) groups excluding carboxylic acids is 4. The van der Waals surface area contributed by atoms with E-state index in [2.05, 4.69) is 67.6 Å². The van der Waals surface area contributed by atoms with Crippen molar-refractivity contribution < 1.29 is 61.6 Å². The summed E-state index contributed by atoms with van der Waals surface area (Å²) in [5, 5.41) is 30.1. The molecule has 4 aliphatic rings. The van der Waals surface area contributed by atoms with Gasteiger partial charge in [-0.15, -0.1) is 0 Å². The number of aliphatic hydroxyl groups excluding tert-OH is 1. The summed E-state index contributed by atoms with van der Waals surface area (Å²) in [5.41, 5.74) is -5.98. The predicted molar refractivity (Wildman–Crippen MR) is 282 cm³/mol. The average molecular weight is 1050 g/mol. The first kappa shape index (κ1) is 59.1. The van der Waals surface area contributed by atoms with Crippen LogP contribution in [0.5, 0.6) is 0 Å². The highest BCUT2D eigenvalue weighted by atomic mass is 28.4. The van der Waals surface area contributed by atoms with E-state index in [4.69, 9.17) is 32.2 Å². The maximum absolute atomic E-state index is 16.7. The van der Waals surface area contributed by atoms with Crippen LogP contribution >= 0.6 is 0 Å². The second-order valence-corrected chi connectivity index (χ2v) is 38.6. The van der Waals surface area contributed by atoms with E-state index < -0.39 is 119 Å². The summed E-state index contributed by atoms with van der Waals surface area (Å²) in [5.74, 6) is -3.01. The number of ketones is 1. The van der Waals surface area contributed by atoms with Gasteiger partial charge in [0.25, 0.3) is 0 Å². The lowest BCUT2D eigenvalue weighted by Gasteiger charge is -2.68. The number of nitrogens with one attached hydrogen (secondary N) is 1. The molecule has 1 heterocycles. The van der Waals surface area contributed by atoms with Gasteiger partial charge in [0.15, 0.2) is 42.4 Å². The van der Waals surface area contributed by atoms with Crippen molar-refractivity contribution in [2.24, 2.45) is 16.7 Å². The van der Waals surface area contributed by atoms with Gasteiger partial charge in [0.2, 0.25) is 0 Å². The Morgan fingerprint density at radius 1 is 0.873 bits per heavy atom. The minimum absolute atomic E-state index is 0.107. The van der Waals surface area contributed by atoms with Crippen molar-refractivity contribution in [1.82, 2.24) is 5.32 Å². The maximum atomic E-state index is 16.7. The van der Waals surface area contributed by atoms with E-state index in [1.165, 1.54) is 6.92 Å². The fraction of sp³-hybridized carbons (Fsp3) is 0.778. The van der Waals surface area contributed by atoms with Crippen LogP contribution in [0.25, 0.3) is 0 Å². The quantitative estimate of drug-likeness (QED) is 0.0546. The average Bonchev–Trinajstić information content (AvgIpc) is 3.28. The Morgan fingerprint density at radius 2 is 1.41 bits per heavy atom. The predicted octanol–water partition coefficient (Wildman–Crippen LogP) is 10.5. The van der Waals surface area contributed by atoms with Crippen LogP contribution in [0.15, 0.2) is 41.5 Å². The first-order valence-corrected chi connectivity index (χ1v) is 34.4. The number of alkyl carbamates (subject to hydrolysis) is 1. The Hall–Kier alpha value is -2.75. The Morgan fingerprint density at radius 3 is 1.87 bits per heavy atom. The lowest BCUT2D eigenvalue weighted by Crippen LogP contribution is -2.82. The van der Waals surface area contributed by atoms with Crippen LogP contribution in [0.3, 0.4) is 0 Å². The molecule has 3 fully saturated rings. The third kappa shape index (κ3) is 10.7. The van der Waals surface area contributed by atoms with Gasteiger partial charge in [-0.2, -0.15) is 0 Å². The molecule has 0 spiro atoms. The molecule has 1 aromatic carbocycles. The van der Waals surface area contributed by atoms with Crippen LogP contribution in [-0.2, 0) is 46.6 Å². The van der Waals surface area contributed by atoms with Crippen molar-refractivity contribution in [2.45, 2.75) is 244 Å². The molecule has 1 amide bonds. The molecule has 14 nitrogen and oxygen atoms in total. The summed E-state index contributed by atoms with van der Waals surface area (Å²) in [4.78, 5) is 59.3. The molecule has 1 saturated heterocycles. The lowest BCUT2D eigenvalue weighted by atomic mass is 9.44. The van der Waals surface area contributed by atoms with Crippen molar-refractivity contribution in [3.8, 4) is 0 Å². The van der Waals surface area contributed by atoms with Crippen LogP contribution in [-0.4, -0.2) is 119 Å². The Balaban J connectivity index is 1.82. The van der Waals surface area contributed by atoms with Gasteiger partial charge in [0.1, 0.15) is 29.5 Å². The molecule has 3 N–H and O–H groups in total. The minimum atomic E-state index is -2.86. The fourth-order valence-corrected chi connectivity index (χ4v) is 18.9. The SMILES string of the molecule is CC[Si](CC)(CC)O[C@H]1C(=O)[C@]2(C)[C@@H](O[Si](CC)(CC)CC)C[C@H]3OC[C@@]3(OC(C)=O)[C@H]2[C@H](O)[C@]2(O)C[C@H](OC(=O)[C@H](O[Si](C)(C)C(C)(C)C)[C@@H](NC(=O)OC(C)(C)C)c3ccccc3)C(C)=C1C2(C)C. The molecule has 71 heavy (non-hydrogen) atoms. The van der Waals surface area contributed by atoms with Crippen LogP contribution in [0.1, 0.15) is 142 Å². The van der Waals surface area contributed by atoms with Gasteiger partial charge in [-0.1, -0.05) is 106 Å². The number of rotatable bonds is 18. The zero-order valence-electron chi connectivity index (χ0n) is 46.8. The molecule has 11 atom stereocenters. The standard InChI is InChI=1S/C54H91NO13Si3/c1-20-70(21-2,22-3)66-38-31-39-53(33-62-39,64-35(8)56)44-46(58)54(61)32-37(34(7)40(51(54,15)16)42(45(57)52(38,44)17)68-71(23-4,24-5)25-6)63-47(59)43(67-69(18,19)50(12,13)14)41(36-29-27-26-28-30-36)55-48(60)65-49(9,10)11/h26-30,37-39,41-44,46,58,61H,20-25,31-33H2,1-19H3,(H,55,60)/t37-,38-,39+,41-,42+,43+,44-,46-,52+,53-,54+/m0/s1. The van der Waals surface area contributed by atoms with Crippen LogP contribution < -0.4 is 5.32 Å². The Labute approximate surface area is 428 Å². The van der Waals surface area contributed by atoms with Crippen LogP contribution in [0, 0.1) is 16.7 Å². The smallest absolute Gasteiger partial charge is 0.408 e. The summed E-state index contributed by atoms with van der Waals surface area (Å²) < 4.78 is 47.1. The van der Waals surface area contributed by atoms with Gasteiger partial charge in [-0.05, 0) is 106 Å². The number of aliphatic hydroxyl groups is 2. The Bertz CT molecular complexity index is 2110. The number of esters is 2. The number of benzene rings is 1. The molecule has 2 saturated carbocycles. The van der Waals surface area contributed by atoms with E-state index >= 15 is 9.59 Å². The molecule has 5 rings (SSSR count). The number of amides is 1. The van der Waals surface area contributed by atoms with E-state index in [-0.39, 0.29) is 30.3 Å². The topological polar surface area (TPSA) is 185 Å². The van der Waals surface area contributed by atoms with Crippen molar-refractivity contribution in [2.75, 3.05) is 6.61 Å². The molecule has 0 radical (unpaired) electrons. The zero-order valence-corrected chi connectivity index (χ0v) is 49.8. The molecule has 1 aliphatic heterocycles. The molecular weight excluding hydrogens is 955 g/mol. The summed E-state index contributed by atoms with van der Waals surface area (Å²) >= 11 is 0. The largest absolute Gasteiger partial charge is 0.456 e. The molecule has 402 valence electrons. The monoisotopic (exact) mass is 1050 g/mol. The third-order valence-corrected chi connectivity index (χ3v) is 31.8. The summed E-state index contributed by atoms with van der Waals surface area (Å²) in [6, 6.07) is 12.4. The molecule has 1 aromatic rings.